The second-order valence-corrected chi connectivity index (χ2v) is 5.75. The van der Waals surface area contributed by atoms with Crippen LogP contribution in [0.3, 0.4) is 0 Å². The Balaban J connectivity index is 1.97. The van der Waals surface area contributed by atoms with Crippen molar-refractivity contribution in [1.29, 1.82) is 0 Å². The van der Waals surface area contributed by atoms with Crippen LogP contribution < -0.4 is 4.90 Å². The number of rotatable bonds is 6. The number of methoxy groups -OCH3 is 1. The first-order valence-corrected chi connectivity index (χ1v) is 7.28. The molecular weight excluding hydrogens is 268 g/mol. The van der Waals surface area contributed by atoms with Crippen LogP contribution in [0, 0.1) is 0 Å². The van der Waals surface area contributed by atoms with Crippen LogP contribution in [0.5, 0.6) is 0 Å². The van der Waals surface area contributed by atoms with E-state index >= 15 is 0 Å². The maximum absolute atomic E-state index is 12.5. The summed E-state index contributed by atoms with van der Waals surface area (Å²) in [6.45, 7) is 3.06. The molecule has 0 aliphatic carbocycles. The summed E-state index contributed by atoms with van der Waals surface area (Å²) < 4.78 is 4.90. The summed E-state index contributed by atoms with van der Waals surface area (Å²) in [5.74, 6) is 0.0690. The molecule has 1 aliphatic heterocycles. The minimum Gasteiger partial charge on any atom is -0.389 e. The molecule has 0 fully saturated rings. The highest BCUT2D eigenvalue weighted by Gasteiger charge is 2.30. The summed E-state index contributed by atoms with van der Waals surface area (Å²) in [7, 11) is 3.39. The Morgan fingerprint density at radius 2 is 2.24 bits per heavy atom. The Bertz CT molecular complexity index is 492. The molecule has 21 heavy (non-hydrogen) atoms. The maximum Gasteiger partial charge on any atom is 0.241 e. The van der Waals surface area contributed by atoms with E-state index in [4.69, 9.17) is 4.74 Å². The molecule has 2 rings (SSSR count). The van der Waals surface area contributed by atoms with Gasteiger partial charge < -0.3 is 14.7 Å². The molecule has 0 aromatic heterocycles. The van der Waals surface area contributed by atoms with E-state index in [1.54, 1.807) is 7.11 Å². The summed E-state index contributed by atoms with van der Waals surface area (Å²) in [4.78, 5) is 16.2. The van der Waals surface area contributed by atoms with E-state index in [1.807, 2.05) is 35.0 Å². The van der Waals surface area contributed by atoms with Crippen molar-refractivity contribution in [3.8, 4) is 0 Å². The Morgan fingerprint density at radius 3 is 2.95 bits per heavy atom. The van der Waals surface area contributed by atoms with E-state index in [9.17, 15) is 9.90 Å². The number of fused-ring (bicyclic) bond motifs is 1. The fourth-order valence-electron chi connectivity index (χ4n) is 2.92. The first-order chi connectivity index (χ1) is 10.0. The van der Waals surface area contributed by atoms with Crippen LogP contribution in [-0.2, 0) is 16.0 Å². The van der Waals surface area contributed by atoms with Gasteiger partial charge in [-0.3, -0.25) is 9.69 Å². The van der Waals surface area contributed by atoms with Gasteiger partial charge in [-0.1, -0.05) is 18.2 Å². The van der Waals surface area contributed by atoms with Crippen molar-refractivity contribution < 1.29 is 14.6 Å². The fraction of sp³-hybridized carbons (Fsp3) is 0.562. The zero-order chi connectivity index (χ0) is 15.4. The molecule has 5 nitrogen and oxygen atoms in total. The highest BCUT2D eigenvalue weighted by Crippen LogP contribution is 2.31. The number of anilines is 1. The number of carbonyl (C=O) groups excluding carboxylic acids is 1. The van der Waals surface area contributed by atoms with Crippen LogP contribution >= 0.6 is 0 Å². The van der Waals surface area contributed by atoms with Crippen molar-refractivity contribution in [3.63, 3.8) is 0 Å². The Labute approximate surface area is 126 Å². The Kier molecular flexibility index (Phi) is 5.33. The molecule has 2 unspecified atom stereocenters. The van der Waals surface area contributed by atoms with Crippen LogP contribution in [0.2, 0.25) is 0 Å². The molecule has 5 heteroatoms. The molecule has 116 valence electrons. The van der Waals surface area contributed by atoms with Gasteiger partial charge in [-0.15, -0.1) is 0 Å². The van der Waals surface area contributed by atoms with E-state index in [-0.39, 0.29) is 18.6 Å². The molecule has 1 aliphatic rings. The standard InChI is InChI=1S/C16H24N2O3/c1-12-8-13-6-4-5-7-15(13)18(12)16(20)10-17(2)9-14(19)11-21-3/h4-7,12,14,19H,8-11H2,1-3H3. The van der Waals surface area contributed by atoms with Gasteiger partial charge in [0.1, 0.15) is 0 Å². The van der Waals surface area contributed by atoms with Gasteiger partial charge >= 0.3 is 0 Å². The van der Waals surface area contributed by atoms with Crippen molar-refractivity contribution in [3.05, 3.63) is 29.8 Å². The predicted molar refractivity (Wildman–Crippen MR) is 82.5 cm³/mol. The minimum atomic E-state index is -0.573. The topological polar surface area (TPSA) is 53.0 Å². The van der Waals surface area contributed by atoms with Crippen molar-refractivity contribution in [1.82, 2.24) is 4.90 Å². The van der Waals surface area contributed by atoms with Gasteiger partial charge in [0.05, 0.1) is 19.3 Å². The van der Waals surface area contributed by atoms with Gasteiger partial charge in [0.15, 0.2) is 0 Å². The smallest absolute Gasteiger partial charge is 0.241 e. The Morgan fingerprint density at radius 1 is 1.52 bits per heavy atom. The summed E-state index contributed by atoms with van der Waals surface area (Å²) >= 11 is 0. The second-order valence-electron chi connectivity index (χ2n) is 5.75. The van der Waals surface area contributed by atoms with Gasteiger partial charge in [-0.05, 0) is 32.0 Å². The van der Waals surface area contributed by atoms with Crippen LogP contribution in [0.15, 0.2) is 24.3 Å². The van der Waals surface area contributed by atoms with Crippen molar-refractivity contribution in [2.75, 3.05) is 38.8 Å². The average Bonchev–Trinajstić information content (AvgIpc) is 2.74. The lowest BCUT2D eigenvalue weighted by Gasteiger charge is -2.26. The third-order valence-electron chi connectivity index (χ3n) is 3.76. The van der Waals surface area contributed by atoms with Crippen LogP contribution in [-0.4, -0.2) is 61.9 Å². The number of carbonyl (C=O) groups is 1. The number of amides is 1. The number of hydrogen-bond donors (Lipinski definition) is 1. The monoisotopic (exact) mass is 292 g/mol. The fourth-order valence-corrected chi connectivity index (χ4v) is 2.92. The quantitative estimate of drug-likeness (QED) is 0.846. The number of nitrogens with zero attached hydrogens (tertiary/aromatic N) is 2. The molecule has 0 spiro atoms. The molecule has 1 heterocycles. The SMILES string of the molecule is COCC(O)CN(C)CC(=O)N1c2ccccc2CC1C. The zero-order valence-corrected chi connectivity index (χ0v) is 13.0. The first-order valence-electron chi connectivity index (χ1n) is 7.28. The van der Waals surface area contributed by atoms with Gasteiger partial charge in [0.2, 0.25) is 5.91 Å². The van der Waals surface area contributed by atoms with Gasteiger partial charge in [-0.25, -0.2) is 0 Å². The molecular formula is C16H24N2O3. The molecule has 0 saturated carbocycles. The average molecular weight is 292 g/mol. The molecule has 0 saturated heterocycles. The van der Waals surface area contributed by atoms with Crippen LogP contribution in [0.1, 0.15) is 12.5 Å². The van der Waals surface area contributed by atoms with Crippen molar-refractivity contribution in [2.45, 2.75) is 25.5 Å². The first kappa shape index (κ1) is 15.9. The van der Waals surface area contributed by atoms with Crippen LogP contribution in [0.4, 0.5) is 5.69 Å². The Hall–Kier alpha value is -1.43. The summed E-state index contributed by atoms with van der Waals surface area (Å²) in [6, 6.07) is 8.23. The van der Waals surface area contributed by atoms with E-state index < -0.39 is 6.10 Å². The minimum absolute atomic E-state index is 0.0690. The van der Waals surface area contributed by atoms with E-state index in [2.05, 4.69) is 13.0 Å². The van der Waals surface area contributed by atoms with E-state index in [1.165, 1.54) is 5.56 Å². The highest BCUT2D eigenvalue weighted by molar-refractivity contribution is 5.97. The number of para-hydroxylation sites is 1. The molecule has 1 aromatic carbocycles. The van der Waals surface area contributed by atoms with Gasteiger partial charge in [-0.2, -0.15) is 0 Å². The van der Waals surface area contributed by atoms with E-state index in [0.717, 1.165) is 12.1 Å². The van der Waals surface area contributed by atoms with Crippen LogP contribution in [0.25, 0.3) is 0 Å². The summed E-state index contributed by atoms with van der Waals surface area (Å²) in [5, 5.41) is 9.72. The lowest BCUT2D eigenvalue weighted by molar-refractivity contribution is -0.120. The second kappa shape index (κ2) is 7.02. The molecule has 0 bridgehead atoms. The summed E-state index contributed by atoms with van der Waals surface area (Å²) in [5.41, 5.74) is 2.24. The largest absolute Gasteiger partial charge is 0.389 e. The molecule has 0 radical (unpaired) electrons. The number of aliphatic hydroxyl groups is 1. The van der Waals surface area contributed by atoms with Gasteiger partial charge in [0, 0.05) is 25.4 Å². The highest BCUT2D eigenvalue weighted by atomic mass is 16.5. The number of benzene rings is 1. The van der Waals surface area contributed by atoms with E-state index in [0.29, 0.717) is 13.1 Å². The number of ether oxygens (including phenoxy) is 1. The van der Waals surface area contributed by atoms with Gasteiger partial charge in [0.25, 0.3) is 0 Å². The molecule has 1 amide bonds. The third-order valence-corrected chi connectivity index (χ3v) is 3.76. The molecule has 1 N–H and O–H groups in total. The summed E-state index contributed by atoms with van der Waals surface area (Å²) in [6.07, 6.45) is 0.328. The predicted octanol–water partition coefficient (Wildman–Crippen LogP) is 0.903. The molecule has 1 aromatic rings. The van der Waals surface area contributed by atoms with Crippen molar-refractivity contribution >= 4 is 11.6 Å². The molecule has 2 atom stereocenters. The zero-order valence-electron chi connectivity index (χ0n) is 13.0. The lowest BCUT2D eigenvalue weighted by atomic mass is 10.1. The normalized spacial score (nSPS) is 18.9. The number of hydrogen-bond acceptors (Lipinski definition) is 4. The number of aliphatic hydroxyl groups excluding tert-OH is 1. The van der Waals surface area contributed by atoms with Crippen molar-refractivity contribution in [2.24, 2.45) is 0 Å². The third kappa shape index (κ3) is 3.81. The lowest BCUT2D eigenvalue weighted by Crippen LogP contribution is -2.44. The maximum atomic E-state index is 12.5. The number of likely N-dealkylation sites (N-methyl/N-ethyl adjacent to an activating group) is 1.